The Morgan fingerprint density at radius 3 is 2.45 bits per heavy atom. The van der Waals surface area contributed by atoms with E-state index < -0.39 is 0 Å². The standard InChI is InChI=1S/C16H23NO3/c1-3-20-15(18)16(8-10-17-11-9-16)12-13-4-6-14(19-2)7-5-13/h4-7,17H,3,8-12H2,1-2H3. The van der Waals surface area contributed by atoms with Crippen molar-refractivity contribution in [3.05, 3.63) is 29.8 Å². The number of hydrogen-bond acceptors (Lipinski definition) is 4. The summed E-state index contributed by atoms with van der Waals surface area (Å²) in [5.41, 5.74) is 0.774. The Hall–Kier alpha value is -1.55. The molecule has 2 rings (SSSR count). The molecule has 1 aromatic rings. The normalized spacial score (nSPS) is 17.5. The zero-order valence-electron chi connectivity index (χ0n) is 12.3. The van der Waals surface area contributed by atoms with Crippen LogP contribution in [0.1, 0.15) is 25.3 Å². The van der Waals surface area contributed by atoms with E-state index in [4.69, 9.17) is 9.47 Å². The predicted octanol–water partition coefficient (Wildman–Crippen LogP) is 2.17. The number of carbonyl (C=O) groups is 1. The fourth-order valence-electron chi connectivity index (χ4n) is 2.78. The van der Waals surface area contributed by atoms with E-state index in [0.717, 1.165) is 43.7 Å². The van der Waals surface area contributed by atoms with Crippen molar-refractivity contribution in [1.29, 1.82) is 0 Å². The average Bonchev–Trinajstić information content (AvgIpc) is 2.49. The first-order valence-corrected chi connectivity index (χ1v) is 7.21. The molecule has 0 aromatic heterocycles. The first-order chi connectivity index (χ1) is 9.70. The molecule has 0 bridgehead atoms. The van der Waals surface area contributed by atoms with Gasteiger partial charge < -0.3 is 14.8 Å². The van der Waals surface area contributed by atoms with Crippen molar-refractivity contribution in [2.45, 2.75) is 26.2 Å². The van der Waals surface area contributed by atoms with Gasteiger partial charge in [-0.1, -0.05) is 12.1 Å². The summed E-state index contributed by atoms with van der Waals surface area (Å²) in [6, 6.07) is 7.94. The third-order valence-electron chi connectivity index (χ3n) is 3.97. The minimum absolute atomic E-state index is 0.0580. The van der Waals surface area contributed by atoms with Gasteiger partial charge in [0.25, 0.3) is 0 Å². The van der Waals surface area contributed by atoms with Gasteiger partial charge in [-0.2, -0.15) is 0 Å². The highest BCUT2D eigenvalue weighted by atomic mass is 16.5. The highest BCUT2D eigenvalue weighted by molar-refractivity contribution is 5.77. The Bertz CT molecular complexity index is 436. The van der Waals surface area contributed by atoms with Crippen molar-refractivity contribution < 1.29 is 14.3 Å². The summed E-state index contributed by atoms with van der Waals surface area (Å²) in [5.74, 6) is 0.779. The molecule has 0 aliphatic carbocycles. The monoisotopic (exact) mass is 277 g/mol. The van der Waals surface area contributed by atoms with Crippen molar-refractivity contribution in [3.8, 4) is 5.75 Å². The van der Waals surface area contributed by atoms with E-state index in [9.17, 15) is 4.79 Å². The highest BCUT2D eigenvalue weighted by Gasteiger charge is 2.40. The summed E-state index contributed by atoms with van der Waals surface area (Å²) < 4.78 is 10.5. The summed E-state index contributed by atoms with van der Waals surface area (Å²) in [6.07, 6.45) is 2.40. The van der Waals surface area contributed by atoms with E-state index in [1.807, 2.05) is 31.2 Å². The minimum Gasteiger partial charge on any atom is -0.497 e. The third-order valence-corrected chi connectivity index (χ3v) is 3.97. The molecule has 0 saturated carbocycles. The number of esters is 1. The second kappa shape index (κ2) is 6.75. The van der Waals surface area contributed by atoms with Crippen molar-refractivity contribution in [3.63, 3.8) is 0 Å². The van der Waals surface area contributed by atoms with Crippen LogP contribution in [-0.4, -0.2) is 32.8 Å². The van der Waals surface area contributed by atoms with Crippen LogP contribution in [0.5, 0.6) is 5.75 Å². The van der Waals surface area contributed by atoms with E-state index >= 15 is 0 Å². The SMILES string of the molecule is CCOC(=O)C1(Cc2ccc(OC)cc2)CCNCC1. The quantitative estimate of drug-likeness (QED) is 0.838. The number of rotatable bonds is 5. The van der Waals surface area contributed by atoms with Crippen LogP contribution in [0.2, 0.25) is 0 Å². The Balaban J connectivity index is 2.15. The number of piperidine rings is 1. The minimum atomic E-state index is -0.379. The van der Waals surface area contributed by atoms with Crippen LogP contribution in [0.4, 0.5) is 0 Å². The lowest BCUT2D eigenvalue weighted by molar-refractivity contribution is -0.157. The van der Waals surface area contributed by atoms with Gasteiger partial charge in [0.05, 0.1) is 19.1 Å². The number of nitrogens with one attached hydrogen (secondary N) is 1. The second-order valence-corrected chi connectivity index (χ2v) is 5.28. The molecule has 110 valence electrons. The van der Waals surface area contributed by atoms with E-state index in [0.29, 0.717) is 6.61 Å². The van der Waals surface area contributed by atoms with Gasteiger partial charge >= 0.3 is 5.97 Å². The topological polar surface area (TPSA) is 47.6 Å². The smallest absolute Gasteiger partial charge is 0.312 e. The largest absolute Gasteiger partial charge is 0.497 e. The van der Waals surface area contributed by atoms with Crippen LogP contribution >= 0.6 is 0 Å². The molecule has 0 radical (unpaired) electrons. The number of hydrogen-bond donors (Lipinski definition) is 1. The molecule has 20 heavy (non-hydrogen) atoms. The Labute approximate surface area is 120 Å². The summed E-state index contributed by atoms with van der Waals surface area (Å²) in [5, 5.41) is 3.31. The molecule has 1 fully saturated rings. The maximum absolute atomic E-state index is 12.4. The van der Waals surface area contributed by atoms with Crippen LogP contribution < -0.4 is 10.1 Å². The molecule has 1 aliphatic heterocycles. The highest BCUT2D eigenvalue weighted by Crippen LogP contribution is 2.34. The molecule has 0 amide bonds. The van der Waals surface area contributed by atoms with Gasteiger partial charge in [0.2, 0.25) is 0 Å². The summed E-state index contributed by atoms with van der Waals surface area (Å²) in [7, 11) is 1.65. The molecule has 1 N–H and O–H groups in total. The lowest BCUT2D eigenvalue weighted by atomic mass is 9.74. The van der Waals surface area contributed by atoms with Crippen molar-refractivity contribution in [2.75, 3.05) is 26.8 Å². The summed E-state index contributed by atoms with van der Waals surface area (Å²) in [6.45, 7) is 4.04. The van der Waals surface area contributed by atoms with Gasteiger partial charge in [0.1, 0.15) is 5.75 Å². The van der Waals surface area contributed by atoms with Crippen LogP contribution in [0.25, 0.3) is 0 Å². The van der Waals surface area contributed by atoms with Gasteiger partial charge in [-0.05, 0) is 57.0 Å². The molecule has 0 atom stereocenters. The number of benzene rings is 1. The predicted molar refractivity (Wildman–Crippen MR) is 77.9 cm³/mol. The Morgan fingerprint density at radius 2 is 1.90 bits per heavy atom. The molecule has 1 heterocycles. The van der Waals surface area contributed by atoms with Crippen LogP contribution in [-0.2, 0) is 16.0 Å². The Morgan fingerprint density at radius 1 is 1.25 bits per heavy atom. The van der Waals surface area contributed by atoms with E-state index in [-0.39, 0.29) is 11.4 Å². The second-order valence-electron chi connectivity index (χ2n) is 5.28. The molecule has 1 aliphatic rings. The lowest BCUT2D eigenvalue weighted by Gasteiger charge is -2.35. The van der Waals surface area contributed by atoms with Gasteiger partial charge in [-0.25, -0.2) is 0 Å². The van der Waals surface area contributed by atoms with Crippen molar-refractivity contribution in [2.24, 2.45) is 5.41 Å². The van der Waals surface area contributed by atoms with Crippen molar-refractivity contribution >= 4 is 5.97 Å². The van der Waals surface area contributed by atoms with E-state index in [1.54, 1.807) is 7.11 Å². The average molecular weight is 277 g/mol. The first-order valence-electron chi connectivity index (χ1n) is 7.21. The third kappa shape index (κ3) is 3.31. The van der Waals surface area contributed by atoms with E-state index in [1.165, 1.54) is 0 Å². The first kappa shape index (κ1) is 14.9. The number of methoxy groups -OCH3 is 1. The van der Waals surface area contributed by atoms with Crippen LogP contribution in [0, 0.1) is 5.41 Å². The summed E-state index contributed by atoms with van der Waals surface area (Å²) in [4.78, 5) is 12.4. The molecule has 1 aromatic carbocycles. The molecular formula is C16H23NO3. The lowest BCUT2D eigenvalue weighted by Crippen LogP contribution is -2.44. The fourth-order valence-corrected chi connectivity index (χ4v) is 2.78. The number of ether oxygens (including phenoxy) is 2. The van der Waals surface area contributed by atoms with Crippen molar-refractivity contribution in [1.82, 2.24) is 5.32 Å². The Kier molecular flexibility index (Phi) is 5.01. The van der Waals surface area contributed by atoms with Gasteiger partial charge in [-0.15, -0.1) is 0 Å². The molecule has 0 unspecified atom stereocenters. The van der Waals surface area contributed by atoms with Crippen LogP contribution in [0.15, 0.2) is 24.3 Å². The number of carbonyl (C=O) groups excluding carboxylic acids is 1. The van der Waals surface area contributed by atoms with Gasteiger partial charge in [-0.3, -0.25) is 4.79 Å². The van der Waals surface area contributed by atoms with Crippen LogP contribution in [0.3, 0.4) is 0 Å². The molecular weight excluding hydrogens is 254 g/mol. The molecule has 0 spiro atoms. The zero-order valence-corrected chi connectivity index (χ0v) is 12.3. The van der Waals surface area contributed by atoms with Gasteiger partial charge in [0, 0.05) is 0 Å². The summed E-state index contributed by atoms with van der Waals surface area (Å²) >= 11 is 0. The van der Waals surface area contributed by atoms with E-state index in [2.05, 4.69) is 5.32 Å². The molecule has 4 heteroatoms. The maximum atomic E-state index is 12.4. The van der Waals surface area contributed by atoms with Gasteiger partial charge in [0.15, 0.2) is 0 Å². The molecule has 1 saturated heterocycles. The molecule has 4 nitrogen and oxygen atoms in total. The zero-order chi connectivity index (χ0) is 14.4. The fraction of sp³-hybridized carbons (Fsp3) is 0.562. The maximum Gasteiger partial charge on any atom is 0.312 e.